The number of benzene rings is 1. The number of hydrogen-bond donors (Lipinski definition) is 1. The van der Waals surface area contributed by atoms with Gasteiger partial charge in [0.05, 0.1) is 50.6 Å². The zero-order valence-electron chi connectivity index (χ0n) is 21.8. The van der Waals surface area contributed by atoms with E-state index in [-0.39, 0.29) is 17.2 Å². The van der Waals surface area contributed by atoms with Crippen LogP contribution in [0.15, 0.2) is 67.3 Å². The number of carbonyl (C=O) groups excluding carboxylic acids is 1. The van der Waals surface area contributed by atoms with Gasteiger partial charge in [-0.3, -0.25) is 9.78 Å². The van der Waals surface area contributed by atoms with E-state index in [9.17, 15) is 4.79 Å². The van der Waals surface area contributed by atoms with Gasteiger partial charge in [-0.25, -0.2) is 14.6 Å². The van der Waals surface area contributed by atoms with Crippen molar-refractivity contribution in [2.45, 2.75) is 6.92 Å². The first-order valence-corrected chi connectivity index (χ1v) is 12.1. The second kappa shape index (κ2) is 11.4. The van der Waals surface area contributed by atoms with Gasteiger partial charge in [-0.1, -0.05) is 0 Å². The molecule has 0 aliphatic carbocycles. The van der Waals surface area contributed by atoms with Crippen LogP contribution in [0.3, 0.4) is 0 Å². The highest BCUT2D eigenvalue weighted by Crippen LogP contribution is 2.36. The minimum Gasteiger partial charge on any atom is -0.493 e. The van der Waals surface area contributed by atoms with Crippen LogP contribution in [0.1, 0.15) is 23.1 Å². The highest BCUT2D eigenvalue weighted by molar-refractivity contribution is 6.04. The van der Waals surface area contributed by atoms with Gasteiger partial charge in [0.2, 0.25) is 0 Å². The van der Waals surface area contributed by atoms with Crippen LogP contribution in [0.2, 0.25) is 0 Å². The number of hydrogen-bond acceptors (Lipinski definition) is 10. The van der Waals surface area contributed by atoms with E-state index in [2.05, 4.69) is 25.4 Å². The Morgan fingerprint density at radius 3 is 2.45 bits per heavy atom. The van der Waals surface area contributed by atoms with Gasteiger partial charge in [-0.05, 0) is 43.3 Å². The molecule has 0 bridgehead atoms. The van der Waals surface area contributed by atoms with Crippen LogP contribution in [-0.2, 0) is 0 Å². The molecular formula is C28H23N7O5. The van der Waals surface area contributed by atoms with Crippen LogP contribution in [0, 0.1) is 11.3 Å². The van der Waals surface area contributed by atoms with Gasteiger partial charge >= 0.3 is 0 Å². The Labute approximate surface area is 228 Å². The molecule has 40 heavy (non-hydrogen) atoms. The molecule has 5 aromatic rings. The lowest BCUT2D eigenvalue weighted by atomic mass is 10.2. The van der Waals surface area contributed by atoms with E-state index >= 15 is 0 Å². The summed E-state index contributed by atoms with van der Waals surface area (Å²) in [7, 11) is 3.12. The number of aromatic nitrogens is 5. The lowest BCUT2D eigenvalue weighted by Gasteiger charge is -2.13. The molecule has 12 heteroatoms. The van der Waals surface area contributed by atoms with Crippen LogP contribution in [0.5, 0.6) is 28.7 Å². The molecule has 0 fully saturated rings. The summed E-state index contributed by atoms with van der Waals surface area (Å²) in [5.74, 6) is 2.19. The summed E-state index contributed by atoms with van der Waals surface area (Å²) in [6.45, 7) is 2.14. The average molecular weight is 538 g/mol. The summed E-state index contributed by atoms with van der Waals surface area (Å²) in [4.78, 5) is 26.1. The van der Waals surface area contributed by atoms with Gasteiger partial charge in [0.1, 0.15) is 29.1 Å². The first-order chi connectivity index (χ1) is 19.5. The van der Waals surface area contributed by atoms with Crippen molar-refractivity contribution in [2.24, 2.45) is 0 Å². The Balaban J connectivity index is 1.37. The average Bonchev–Trinajstić information content (AvgIpc) is 3.41. The van der Waals surface area contributed by atoms with Gasteiger partial charge in [-0.2, -0.15) is 10.4 Å². The van der Waals surface area contributed by atoms with Crippen molar-refractivity contribution in [1.82, 2.24) is 24.7 Å². The first kappa shape index (κ1) is 25.9. The number of fused-ring (bicyclic) bond motifs is 1. The van der Waals surface area contributed by atoms with Crippen molar-refractivity contribution < 1.29 is 23.7 Å². The fourth-order valence-electron chi connectivity index (χ4n) is 3.93. The van der Waals surface area contributed by atoms with Crippen LogP contribution in [0.25, 0.3) is 16.6 Å². The van der Waals surface area contributed by atoms with Gasteiger partial charge in [0.15, 0.2) is 22.9 Å². The third-order valence-corrected chi connectivity index (χ3v) is 5.77. The van der Waals surface area contributed by atoms with Crippen molar-refractivity contribution in [3.63, 3.8) is 0 Å². The predicted molar refractivity (Wildman–Crippen MR) is 144 cm³/mol. The minimum atomic E-state index is -0.493. The molecule has 0 unspecified atom stereocenters. The molecule has 0 saturated heterocycles. The predicted octanol–water partition coefficient (Wildman–Crippen LogP) is 4.54. The van der Waals surface area contributed by atoms with E-state index in [1.54, 1.807) is 63.7 Å². The van der Waals surface area contributed by atoms with Crippen LogP contribution in [0.4, 0.5) is 5.82 Å². The van der Waals surface area contributed by atoms with E-state index in [1.807, 2.05) is 6.07 Å². The molecule has 0 saturated carbocycles. The summed E-state index contributed by atoms with van der Waals surface area (Å²) in [6, 6.07) is 13.7. The van der Waals surface area contributed by atoms with Crippen molar-refractivity contribution >= 4 is 22.6 Å². The van der Waals surface area contributed by atoms with Crippen LogP contribution < -0.4 is 24.3 Å². The van der Waals surface area contributed by atoms with Crippen molar-refractivity contribution in [2.75, 3.05) is 26.1 Å². The monoisotopic (exact) mass is 537 g/mol. The summed E-state index contributed by atoms with van der Waals surface area (Å²) in [5, 5.41) is 16.8. The fourth-order valence-corrected chi connectivity index (χ4v) is 3.93. The van der Waals surface area contributed by atoms with Gasteiger partial charge in [-0.15, -0.1) is 0 Å². The zero-order valence-corrected chi connectivity index (χ0v) is 21.8. The fraction of sp³-hybridized carbons (Fsp3) is 0.143. The third-order valence-electron chi connectivity index (χ3n) is 5.77. The summed E-state index contributed by atoms with van der Waals surface area (Å²) >= 11 is 0. The maximum Gasteiger partial charge on any atom is 0.279 e. The summed E-state index contributed by atoms with van der Waals surface area (Å²) in [6.07, 6.45) is 6.03. The van der Waals surface area contributed by atoms with Crippen molar-refractivity contribution in [3.8, 4) is 40.5 Å². The second-order valence-electron chi connectivity index (χ2n) is 8.18. The Bertz CT molecular complexity index is 1710. The number of nitrogens with one attached hydrogen (secondary N) is 1. The van der Waals surface area contributed by atoms with Crippen LogP contribution >= 0.6 is 0 Å². The SMILES string of the molecule is CCOc1cnn(-c2ccc(C#N)nc2)c1C(=O)Nc1ccc(Oc2ccnc3cc(OC)c(OC)cc23)cn1. The Morgan fingerprint density at radius 2 is 1.77 bits per heavy atom. The molecule has 0 atom stereocenters. The molecule has 4 aromatic heterocycles. The summed E-state index contributed by atoms with van der Waals surface area (Å²) in [5.41, 5.74) is 1.57. The van der Waals surface area contributed by atoms with E-state index < -0.39 is 5.91 Å². The number of rotatable bonds is 9. The number of ether oxygens (including phenoxy) is 4. The molecule has 12 nitrogen and oxygen atoms in total. The normalized spacial score (nSPS) is 10.6. The first-order valence-electron chi connectivity index (χ1n) is 12.1. The number of nitrogens with zero attached hydrogens (tertiary/aromatic N) is 6. The van der Waals surface area contributed by atoms with E-state index in [0.717, 1.165) is 5.39 Å². The van der Waals surface area contributed by atoms with Crippen LogP contribution in [-0.4, -0.2) is 51.5 Å². The number of pyridine rings is 3. The summed E-state index contributed by atoms with van der Waals surface area (Å²) < 4.78 is 23.8. The third kappa shape index (κ3) is 5.16. The zero-order chi connectivity index (χ0) is 28.1. The topological polar surface area (TPSA) is 146 Å². The van der Waals surface area contributed by atoms with Crippen molar-refractivity contribution in [3.05, 3.63) is 78.6 Å². The lowest BCUT2D eigenvalue weighted by molar-refractivity contribution is 0.101. The molecule has 5 rings (SSSR count). The van der Waals surface area contributed by atoms with E-state index in [0.29, 0.717) is 46.6 Å². The minimum absolute atomic E-state index is 0.156. The Morgan fingerprint density at radius 1 is 0.950 bits per heavy atom. The molecular weight excluding hydrogens is 514 g/mol. The molecule has 1 amide bonds. The molecule has 1 N–H and O–H groups in total. The molecule has 4 heterocycles. The maximum absolute atomic E-state index is 13.3. The molecule has 200 valence electrons. The highest BCUT2D eigenvalue weighted by atomic mass is 16.5. The molecule has 0 radical (unpaired) electrons. The second-order valence-corrected chi connectivity index (χ2v) is 8.18. The molecule has 0 aliphatic heterocycles. The smallest absolute Gasteiger partial charge is 0.279 e. The highest BCUT2D eigenvalue weighted by Gasteiger charge is 2.22. The van der Waals surface area contributed by atoms with E-state index in [1.165, 1.54) is 29.3 Å². The Kier molecular flexibility index (Phi) is 7.36. The number of anilines is 1. The molecule has 0 aliphatic rings. The standard InChI is InChI=1S/C28H23N7O5/c1-4-39-25-16-33-35(18-6-5-17(13-29)31-14-18)27(25)28(36)34-26-8-7-19(15-32-26)40-22-9-10-30-21-12-24(38-3)23(37-2)11-20(21)22/h5-12,14-16H,4H2,1-3H3,(H,32,34,36). The van der Waals surface area contributed by atoms with E-state index in [4.69, 9.17) is 24.2 Å². The molecule has 1 aromatic carbocycles. The Hall–Kier alpha value is -5.70. The largest absolute Gasteiger partial charge is 0.493 e. The van der Waals surface area contributed by atoms with Gasteiger partial charge in [0.25, 0.3) is 5.91 Å². The van der Waals surface area contributed by atoms with Crippen molar-refractivity contribution in [1.29, 1.82) is 5.26 Å². The van der Waals surface area contributed by atoms with Gasteiger partial charge in [0, 0.05) is 17.6 Å². The lowest BCUT2D eigenvalue weighted by Crippen LogP contribution is -2.19. The number of amides is 1. The number of carbonyl (C=O) groups is 1. The quantitative estimate of drug-likeness (QED) is 0.284. The van der Waals surface area contributed by atoms with Gasteiger partial charge < -0.3 is 24.3 Å². The number of nitriles is 1. The molecule has 0 spiro atoms. The maximum atomic E-state index is 13.3. The number of methoxy groups -OCH3 is 2.